The van der Waals surface area contributed by atoms with Gasteiger partial charge in [0.1, 0.15) is 5.75 Å². The first kappa shape index (κ1) is 26.4. The molecule has 7 nitrogen and oxygen atoms in total. The summed E-state index contributed by atoms with van der Waals surface area (Å²) in [5, 5.41) is 4.53. The predicted octanol–water partition coefficient (Wildman–Crippen LogP) is 4.63. The number of aromatic nitrogens is 2. The highest BCUT2D eigenvalue weighted by atomic mass is 16.5. The molecule has 0 radical (unpaired) electrons. The first-order valence-corrected chi connectivity index (χ1v) is 13.5. The largest absolute Gasteiger partial charge is 0.497 e. The molecule has 39 heavy (non-hydrogen) atoms. The Labute approximate surface area is 229 Å². The maximum atomic E-state index is 13.0. The van der Waals surface area contributed by atoms with Crippen LogP contribution in [0.5, 0.6) is 5.75 Å². The van der Waals surface area contributed by atoms with Gasteiger partial charge in [-0.3, -0.25) is 14.5 Å². The third kappa shape index (κ3) is 6.44. The van der Waals surface area contributed by atoms with Crippen LogP contribution >= 0.6 is 0 Å². The second-order valence-corrected chi connectivity index (χ2v) is 9.76. The van der Waals surface area contributed by atoms with Crippen molar-refractivity contribution < 1.29 is 9.53 Å². The highest BCUT2D eigenvalue weighted by Crippen LogP contribution is 2.29. The zero-order chi connectivity index (χ0) is 27.0. The fourth-order valence-electron chi connectivity index (χ4n) is 5.20. The van der Waals surface area contributed by atoms with Gasteiger partial charge in [-0.25, -0.2) is 4.68 Å². The van der Waals surface area contributed by atoms with Gasteiger partial charge >= 0.3 is 0 Å². The van der Waals surface area contributed by atoms with E-state index in [-0.39, 0.29) is 17.5 Å². The van der Waals surface area contributed by atoms with Crippen LogP contribution in [0.3, 0.4) is 0 Å². The molecule has 0 aliphatic carbocycles. The number of amides is 1. The van der Waals surface area contributed by atoms with E-state index in [9.17, 15) is 9.59 Å². The lowest BCUT2D eigenvalue weighted by atomic mass is 9.96. The number of ether oxygens (including phenoxy) is 1. The molecule has 200 valence electrons. The van der Waals surface area contributed by atoms with Gasteiger partial charge in [-0.15, -0.1) is 0 Å². The Morgan fingerprint density at radius 3 is 2.15 bits per heavy atom. The summed E-state index contributed by atoms with van der Waals surface area (Å²) in [7, 11) is 1.62. The zero-order valence-corrected chi connectivity index (χ0v) is 22.3. The van der Waals surface area contributed by atoms with Crippen molar-refractivity contribution >= 4 is 5.91 Å². The summed E-state index contributed by atoms with van der Waals surface area (Å²) in [6.45, 7) is 3.40. The predicted molar refractivity (Wildman–Crippen MR) is 153 cm³/mol. The number of rotatable bonds is 9. The Morgan fingerprint density at radius 2 is 1.51 bits per heavy atom. The average molecular weight is 523 g/mol. The van der Waals surface area contributed by atoms with Crippen LogP contribution in [-0.2, 0) is 11.3 Å². The molecule has 1 amide bonds. The molecule has 1 aliphatic heterocycles. The third-order valence-corrected chi connectivity index (χ3v) is 7.26. The first-order valence-electron chi connectivity index (χ1n) is 13.5. The number of carbonyl (C=O) groups is 1. The van der Waals surface area contributed by atoms with Gasteiger partial charge in [0.15, 0.2) is 0 Å². The van der Waals surface area contributed by atoms with E-state index in [4.69, 9.17) is 4.74 Å². The molecule has 1 saturated heterocycles. The highest BCUT2D eigenvalue weighted by molar-refractivity contribution is 5.76. The van der Waals surface area contributed by atoms with Gasteiger partial charge in [-0.05, 0) is 35.7 Å². The van der Waals surface area contributed by atoms with E-state index >= 15 is 0 Å². The summed E-state index contributed by atoms with van der Waals surface area (Å²) in [6, 6.07) is 32.1. The topological polar surface area (TPSA) is 67.7 Å². The summed E-state index contributed by atoms with van der Waals surface area (Å²) in [6.07, 6.45) is 0.947. The molecule has 0 unspecified atom stereocenters. The van der Waals surface area contributed by atoms with Crippen molar-refractivity contribution in [2.75, 3.05) is 33.3 Å². The summed E-state index contributed by atoms with van der Waals surface area (Å²) in [5.74, 6) is 0.860. The van der Waals surface area contributed by atoms with Crippen LogP contribution in [0.2, 0.25) is 0 Å². The Hall–Kier alpha value is -4.23. The Bertz CT molecular complexity index is 1390. The van der Waals surface area contributed by atoms with Crippen molar-refractivity contribution in [3.63, 3.8) is 0 Å². The standard InChI is InChI=1S/C32H34N4O3/c1-39-28-15-8-14-27(24-28)29-17-18-31(38)36(33-29)19-9-16-30(37)34-20-22-35(23-21-34)32(25-10-4-2-5-11-25)26-12-6-3-7-13-26/h2-8,10-15,17-18,24,32H,9,16,19-23H2,1H3. The average Bonchev–Trinajstić information content (AvgIpc) is 2.99. The summed E-state index contributed by atoms with van der Waals surface area (Å²) >= 11 is 0. The Kier molecular flexibility index (Phi) is 8.48. The van der Waals surface area contributed by atoms with E-state index in [0.29, 0.717) is 38.2 Å². The summed E-state index contributed by atoms with van der Waals surface area (Å²) in [4.78, 5) is 29.9. The quantitative estimate of drug-likeness (QED) is 0.321. The number of methoxy groups -OCH3 is 1. The van der Waals surface area contributed by atoms with Gasteiger partial charge in [0.25, 0.3) is 5.56 Å². The van der Waals surface area contributed by atoms with Crippen LogP contribution in [0.4, 0.5) is 0 Å². The van der Waals surface area contributed by atoms with Crippen molar-refractivity contribution in [2.45, 2.75) is 25.4 Å². The maximum Gasteiger partial charge on any atom is 0.266 e. The molecule has 5 rings (SSSR count). The molecule has 0 N–H and O–H groups in total. The van der Waals surface area contributed by atoms with E-state index in [1.54, 1.807) is 13.2 Å². The van der Waals surface area contributed by atoms with Gasteiger partial charge in [0, 0.05) is 50.8 Å². The first-order chi connectivity index (χ1) is 19.1. The van der Waals surface area contributed by atoms with Gasteiger partial charge in [-0.1, -0.05) is 72.8 Å². The molecular weight excluding hydrogens is 488 g/mol. The lowest BCUT2D eigenvalue weighted by Crippen LogP contribution is -2.49. The van der Waals surface area contributed by atoms with Crippen molar-refractivity contribution in [1.82, 2.24) is 19.6 Å². The van der Waals surface area contributed by atoms with Crippen molar-refractivity contribution in [1.29, 1.82) is 0 Å². The van der Waals surface area contributed by atoms with Crippen LogP contribution in [-0.4, -0.2) is 58.8 Å². The second-order valence-electron chi connectivity index (χ2n) is 9.76. The summed E-state index contributed by atoms with van der Waals surface area (Å²) < 4.78 is 6.75. The Morgan fingerprint density at radius 1 is 0.846 bits per heavy atom. The van der Waals surface area contributed by atoms with Crippen LogP contribution in [0, 0.1) is 0 Å². The lowest BCUT2D eigenvalue weighted by molar-refractivity contribution is -0.133. The molecule has 0 bridgehead atoms. The number of aryl methyl sites for hydroxylation is 1. The molecule has 0 atom stereocenters. The van der Waals surface area contributed by atoms with E-state index in [2.05, 4.69) is 58.5 Å². The molecule has 2 heterocycles. The number of nitrogens with zero attached hydrogens (tertiary/aromatic N) is 4. The van der Waals surface area contributed by atoms with Crippen LogP contribution in [0.1, 0.15) is 30.0 Å². The number of carbonyl (C=O) groups excluding carboxylic acids is 1. The highest BCUT2D eigenvalue weighted by Gasteiger charge is 2.27. The number of hydrogen-bond acceptors (Lipinski definition) is 5. The van der Waals surface area contributed by atoms with Crippen molar-refractivity contribution in [3.05, 3.63) is 119 Å². The van der Waals surface area contributed by atoms with Crippen LogP contribution < -0.4 is 10.3 Å². The molecular formula is C32H34N4O3. The molecule has 7 heteroatoms. The molecule has 3 aromatic carbocycles. The van der Waals surface area contributed by atoms with Gasteiger partial charge in [-0.2, -0.15) is 5.10 Å². The number of piperazine rings is 1. The fraction of sp³-hybridized carbons (Fsp3) is 0.281. The minimum absolute atomic E-state index is 0.127. The fourth-order valence-corrected chi connectivity index (χ4v) is 5.20. The minimum Gasteiger partial charge on any atom is -0.497 e. The molecule has 1 aliphatic rings. The zero-order valence-electron chi connectivity index (χ0n) is 22.3. The molecule has 0 saturated carbocycles. The van der Waals surface area contributed by atoms with Gasteiger partial charge in [0.2, 0.25) is 5.91 Å². The molecule has 1 fully saturated rings. The third-order valence-electron chi connectivity index (χ3n) is 7.26. The van der Waals surface area contributed by atoms with Crippen LogP contribution in [0.25, 0.3) is 11.3 Å². The van der Waals surface area contributed by atoms with Gasteiger partial charge in [0.05, 0.1) is 18.8 Å². The maximum absolute atomic E-state index is 13.0. The van der Waals surface area contributed by atoms with E-state index in [1.807, 2.05) is 41.3 Å². The second kappa shape index (κ2) is 12.5. The molecule has 1 aromatic heterocycles. The molecule has 4 aromatic rings. The number of benzene rings is 3. The van der Waals surface area contributed by atoms with E-state index in [0.717, 1.165) is 24.4 Å². The number of hydrogen-bond donors (Lipinski definition) is 0. The van der Waals surface area contributed by atoms with E-state index in [1.165, 1.54) is 21.9 Å². The van der Waals surface area contributed by atoms with Crippen LogP contribution in [0.15, 0.2) is 102 Å². The lowest BCUT2D eigenvalue weighted by Gasteiger charge is -2.40. The smallest absolute Gasteiger partial charge is 0.266 e. The summed E-state index contributed by atoms with van der Waals surface area (Å²) in [5.41, 5.74) is 3.93. The van der Waals surface area contributed by atoms with Gasteiger partial charge < -0.3 is 9.64 Å². The minimum atomic E-state index is -0.171. The van der Waals surface area contributed by atoms with Crippen molar-refractivity contribution in [2.24, 2.45) is 0 Å². The van der Waals surface area contributed by atoms with Crippen molar-refractivity contribution in [3.8, 4) is 17.0 Å². The van der Waals surface area contributed by atoms with E-state index < -0.39 is 0 Å². The normalized spacial score (nSPS) is 13.9. The monoisotopic (exact) mass is 522 g/mol. The SMILES string of the molecule is COc1cccc(-c2ccc(=O)n(CCCC(=O)N3CCN(C(c4ccccc4)c4ccccc4)CC3)n2)c1. The molecule has 0 spiro atoms. The Balaban J connectivity index is 1.17.